The molecular weight excluding hydrogens is 307 g/mol. The van der Waals surface area contributed by atoms with E-state index in [0.29, 0.717) is 12.1 Å². The van der Waals surface area contributed by atoms with E-state index in [1.807, 2.05) is 0 Å². The number of nitrogens with two attached hydrogens (primary N) is 1. The highest BCUT2D eigenvalue weighted by molar-refractivity contribution is 7.87. The van der Waals surface area contributed by atoms with Crippen LogP contribution in [0, 0.1) is 0 Å². The minimum absolute atomic E-state index is 0.532. The van der Waals surface area contributed by atoms with E-state index in [2.05, 4.69) is 4.72 Å². The molecule has 1 atom stereocenters. The van der Waals surface area contributed by atoms with Crippen molar-refractivity contribution in [3.63, 3.8) is 0 Å². The number of fused-ring (bicyclic) bond motifs is 1. The monoisotopic (exact) mass is 323 g/mol. The van der Waals surface area contributed by atoms with Crippen molar-refractivity contribution in [2.75, 3.05) is 12.3 Å². The Hall–Kier alpha value is -1.32. The number of hydrogen-bond donors (Lipinski definition) is 3. The van der Waals surface area contributed by atoms with E-state index in [9.17, 15) is 21.6 Å². The topological polar surface area (TPSA) is 84.2 Å². The SMILES string of the molecule is Nc1ccc2c(c1)CCCC2NS(=O)(=O)NCC(F)(F)F. The van der Waals surface area contributed by atoms with Crippen LogP contribution in [0.1, 0.15) is 30.0 Å². The first-order valence-corrected chi connectivity index (χ1v) is 7.86. The fourth-order valence-electron chi connectivity index (χ4n) is 2.36. The van der Waals surface area contributed by atoms with Crippen molar-refractivity contribution in [2.45, 2.75) is 31.5 Å². The standard InChI is InChI=1S/C12H16F3N3O2S/c13-12(14,15)7-17-21(19,20)18-11-3-1-2-8-6-9(16)4-5-10(8)11/h4-6,11,17-18H,1-3,7,16H2. The third-order valence-electron chi connectivity index (χ3n) is 3.24. The van der Waals surface area contributed by atoms with E-state index >= 15 is 0 Å². The molecule has 0 aliphatic heterocycles. The van der Waals surface area contributed by atoms with Gasteiger partial charge in [0.2, 0.25) is 0 Å². The highest BCUT2D eigenvalue weighted by Crippen LogP contribution is 2.31. The molecule has 0 heterocycles. The van der Waals surface area contributed by atoms with Crippen LogP contribution in [-0.4, -0.2) is 21.1 Å². The Morgan fingerprint density at radius 3 is 2.71 bits per heavy atom. The predicted molar refractivity (Wildman–Crippen MR) is 72.6 cm³/mol. The van der Waals surface area contributed by atoms with Crippen LogP contribution in [-0.2, 0) is 16.6 Å². The summed E-state index contributed by atoms with van der Waals surface area (Å²) in [5.74, 6) is 0. The van der Waals surface area contributed by atoms with Crippen LogP contribution in [0.25, 0.3) is 0 Å². The highest BCUT2D eigenvalue weighted by atomic mass is 32.2. The van der Waals surface area contributed by atoms with E-state index in [4.69, 9.17) is 5.73 Å². The van der Waals surface area contributed by atoms with Crippen LogP contribution in [0.2, 0.25) is 0 Å². The number of halogens is 3. The van der Waals surface area contributed by atoms with Gasteiger partial charge in [-0.25, -0.2) is 0 Å². The quantitative estimate of drug-likeness (QED) is 0.736. The first-order chi connectivity index (χ1) is 9.66. The van der Waals surface area contributed by atoms with Gasteiger partial charge in [0.15, 0.2) is 0 Å². The van der Waals surface area contributed by atoms with E-state index in [0.717, 1.165) is 24.0 Å². The van der Waals surface area contributed by atoms with Crippen molar-refractivity contribution in [3.05, 3.63) is 29.3 Å². The van der Waals surface area contributed by atoms with Gasteiger partial charge in [-0.1, -0.05) is 6.07 Å². The molecule has 5 nitrogen and oxygen atoms in total. The Bertz CT molecular complexity index is 617. The maximum atomic E-state index is 12.1. The van der Waals surface area contributed by atoms with Gasteiger partial charge in [0.1, 0.15) is 6.54 Å². The Labute approximate surface area is 120 Å². The molecule has 0 radical (unpaired) electrons. The van der Waals surface area contributed by atoms with Gasteiger partial charge < -0.3 is 5.73 Å². The third kappa shape index (κ3) is 4.58. The second-order valence-electron chi connectivity index (χ2n) is 4.96. The number of nitrogens with one attached hydrogen (secondary N) is 2. The first kappa shape index (κ1) is 16.1. The molecule has 1 aromatic carbocycles. The summed E-state index contributed by atoms with van der Waals surface area (Å²) >= 11 is 0. The van der Waals surface area contributed by atoms with Crippen molar-refractivity contribution in [1.29, 1.82) is 0 Å². The molecule has 118 valence electrons. The number of alkyl halides is 3. The van der Waals surface area contributed by atoms with Crippen LogP contribution in [0.15, 0.2) is 18.2 Å². The minimum Gasteiger partial charge on any atom is -0.399 e. The molecule has 1 aromatic rings. The van der Waals surface area contributed by atoms with Crippen LogP contribution in [0.4, 0.5) is 18.9 Å². The van der Waals surface area contributed by atoms with Crippen LogP contribution in [0.3, 0.4) is 0 Å². The van der Waals surface area contributed by atoms with Crippen molar-refractivity contribution in [1.82, 2.24) is 9.44 Å². The molecule has 1 aliphatic carbocycles. The molecule has 1 unspecified atom stereocenters. The zero-order chi connectivity index (χ0) is 15.7. The highest BCUT2D eigenvalue weighted by Gasteiger charge is 2.31. The Morgan fingerprint density at radius 2 is 2.05 bits per heavy atom. The number of rotatable bonds is 4. The number of anilines is 1. The summed E-state index contributed by atoms with van der Waals surface area (Å²) < 4.78 is 63.4. The fraction of sp³-hybridized carbons (Fsp3) is 0.500. The van der Waals surface area contributed by atoms with E-state index in [-0.39, 0.29) is 0 Å². The summed E-state index contributed by atoms with van der Waals surface area (Å²) in [5, 5.41) is 0. The van der Waals surface area contributed by atoms with Crippen LogP contribution < -0.4 is 15.2 Å². The van der Waals surface area contributed by atoms with Crippen molar-refractivity contribution in [3.8, 4) is 0 Å². The van der Waals surface area contributed by atoms with E-state index in [1.165, 1.54) is 4.72 Å². The summed E-state index contributed by atoms with van der Waals surface area (Å²) in [6.07, 6.45) is -2.55. The lowest BCUT2D eigenvalue weighted by molar-refractivity contribution is -0.121. The smallest absolute Gasteiger partial charge is 0.399 e. The number of nitrogen functional groups attached to an aromatic ring is 1. The predicted octanol–water partition coefficient (Wildman–Crippen LogP) is 1.63. The van der Waals surface area contributed by atoms with Crippen LogP contribution in [0.5, 0.6) is 0 Å². The number of aryl methyl sites for hydroxylation is 1. The third-order valence-corrected chi connectivity index (χ3v) is 4.36. The lowest BCUT2D eigenvalue weighted by Crippen LogP contribution is -2.43. The molecular formula is C12H16F3N3O2S. The molecule has 9 heteroatoms. The van der Waals surface area contributed by atoms with Gasteiger partial charge in [-0.05, 0) is 42.5 Å². The maximum absolute atomic E-state index is 12.1. The molecule has 0 fully saturated rings. The van der Waals surface area contributed by atoms with Crippen LogP contribution >= 0.6 is 0 Å². The van der Waals surface area contributed by atoms with Gasteiger partial charge in [0.25, 0.3) is 10.2 Å². The van der Waals surface area contributed by atoms with E-state index in [1.54, 1.807) is 18.2 Å². The summed E-state index contributed by atoms with van der Waals surface area (Å²) in [6.45, 7) is -1.59. The summed E-state index contributed by atoms with van der Waals surface area (Å²) in [5.41, 5.74) is 7.93. The molecule has 0 aromatic heterocycles. The largest absolute Gasteiger partial charge is 0.402 e. The second kappa shape index (κ2) is 5.82. The average Bonchev–Trinajstić information content (AvgIpc) is 2.35. The van der Waals surface area contributed by atoms with Gasteiger partial charge in [-0.15, -0.1) is 0 Å². The van der Waals surface area contributed by atoms with Gasteiger partial charge in [-0.3, -0.25) is 0 Å². The molecule has 0 saturated carbocycles. The molecule has 2 rings (SSSR count). The summed E-state index contributed by atoms with van der Waals surface area (Å²) in [6, 6.07) is 4.58. The summed E-state index contributed by atoms with van der Waals surface area (Å²) in [7, 11) is -4.22. The zero-order valence-corrected chi connectivity index (χ0v) is 11.9. The van der Waals surface area contributed by atoms with E-state index < -0.39 is 29.0 Å². The Morgan fingerprint density at radius 1 is 1.33 bits per heavy atom. The molecule has 1 aliphatic rings. The van der Waals surface area contributed by atoms with Gasteiger partial charge in [0.05, 0.1) is 0 Å². The van der Waals surface area contributed by atoms with Gasteiger partial charge in [-0.2, -0.15) is 31.0 Å². The van der Waals surface area contributed by atoms with Crippen molar-refractivity contribution >= 4 is 15.9 Å². The number of benzene rings is 1. The zero-order valence-electron chi connectivity index (χ0n) is 11.1. The van der Waals surface area contributed by atoms with Crippen molar-refractivity contribution < 1.29 is 21.6 Å². The van der Waals surface area contributed by atoms with Gasteiger partial charge >= 0.3 is 6.18 Å². The Kier molecular flexibility index (Phi) is 4.45. The minimum atomic E-state index is -4.59. The molecule has 0 spiro atoms. The average molecular weight is 323 g/mol. The first-order valence-electron chi connectivity index (χ1n) is 6.38. The van der Waals surface area contributed by atoms with Crippen molar-refractivity contribution in [2.24, 2.45) is 0 Å². The molecule has 0 amide bonds. The summed E-state index contributed by atoms with van der Waals surface area (Å²) in [4.78, 5) is 0. The molecule has 0 saturated heterocycles. The molecule has 4 N–H and O–H groups in total. The number of hydrogen-bond acceptors (Lipinski definition) is 3. The normalized spacial score (nSPS) is 19.3. The Balaban J connectivity index is 2.11. The fourth-order valence-corrected chi connectivity index (χ4v) is 3.42. The molecule has 21 heavy (non-hydrogen) atoms. The lowest BCUT2D eigenvalue weighted by Gasteiger charge is -2.26. The lowest BCUT2D eigenvalue weighted by atomic mass is 9.88. The maximum Gasteiger partial charge on any atom is 0.402 e. The second-order valence-corrected chi connectivity index (χ2v) is 6.49. The molecule has 0 bridgehead atoms. The van der Waals surface area contributed by atoms with Gasteiger partial charge in [0, 0.05) is 11.7 Å².